The summed E-state index contributed by atoms with van der Waals surface area (Å²) < 4.78 is 5.11. The van der Waals surface area contributed by atoms with Crippen LogP contribution >= 0.6 is 11.8 Å². The number of unbranched alkanes of at least 4 members (excludes halogenated alkanes) is 2. The van der Waals surface area contributed by atoms with Crippen molar-refractivity contribution >= 4 is 17.7 Å². The number of aromatic nitrogens is 1. The molecule has 0 aromatic carbocycles. The second-order valence-corrected chi connectivity index (χ2v) is 6.25. The van der Waals surface area contributed by atoms with Gasteiger partial charge in [0.2, 0.25) is 5.91 Å². The van der Waals surface area contributed by atoms with E-state index in [-0.39, 0.29) is 11.9 Å². The first-order valence-electron chi connectivity index (χ1n) is 7.33. The van der Waals surface area contributed by atoms with E-state index in [0.717, 1.165) is 29.2 Å². The molecule has 0 bridgehead atoms. The lowest BCUT2D eigenvalue weighted by atomic mass is 10.1. The van der Waals surface area contributed by atoms with Crippen molar-refractivity contribution in [3.63, 3.8) is 0 Å². The Morgan fingerprint density at radius 1 is 1.40 bits per heavy atom. The Hall–Kier alpha value is -0.970. The summed E-state index contributed by atoms with van der Waals surface area (Å²) in [7, 11) is 0. The highest BCUT2D eigenvalue weighted by molar-refractivity contribution is 7.99. The van der Waals surface area contributed by atoms with Crippen molar-refractivity contribution in [1.82, 2.24) is 10.5 Å². The quantitative estimate of drug-likeness (QED) is 0.708. The van der Waals surface area contributed by atoms with E-state index in [1.807, 2.05) is 13.8 Å². The molecule has 0 aliphatic rings. The molecule has 0 saturated carbocycles. The highest BCUT2D eigenvalue weighted by atomic mass is 32.2. The Balaban J connectivity index is 2.20. The molecule has 4 nitrogen and oxygen atoms in total. The van der Waals surface area contributed by atoms with E-state index in [1.54, 1.807) is 11.8 Å². The third-order valence-electron chi connectivity index (χ3n) is 3.31. The van der Waals surface area contributed by atoms with Gasteiger partial charge in [-0.2, -0.15) is 0 Å². The molecule has 1 unspecified atom stereocenters. The predicted octanol–water partition coefficient (Wildman–Crippen LogP) is 3.61. The second kappa shape index (κ2) is 9.06. The first-order chi connectivity index (χ1) is 9.54. The lowest BCUT2D eigenvalue weighted by Crippen LogP contribution is -2.33. The summed E-state index contributed by atoms with van der Waals surface area (Å²) in [6.07, 6.45) is 4.70. The van der Waals surface area contributed by atoms with E-state index in [9.17, 15) is 4.79 Å². The monoisotopic (exact) mass is 298 g/mol. The minimum atomic E-state index is 0.116. The van der Waals surface area contributed by atoms with Gasteiger partial charge in [-0.25, -0.2) is 0 Å². The number of nitrogens with one attached hydrogen (secondary N) is 1. The maximum Gasteiger partial charge on any atom is 0.230 e. The number of nitrogens with zero attached hydrogens (tertiary/aromatic N) is 1. The number of aryl methyl sites for hydroxylation is 2. The summed E-state index contributed by atoms with van der Waals surface area (Å²) in [5.41, 5.74) is 2.03. The minimum Gasteiger partial charge on any atom is -0.361 e. The molecular formula is C15H26N2O2S. The van der Waals surface area contributed by atoms with Crippen molar-refractivity contribution in [1.29, 1.82) is 0 Å². The van der Waals surface area contributed by atoms with Gasteiger partial charge in [-0.1, -0.05) is 31.3 Å². The maximum atomic E-state index is 11.8. The molecule has 1 amide bonds. The lowest BCUT2D eigenvalue weighted by Gasteiger charge is -2.13. The van der Waals surface area contributed by atoms with Crippen LogP contribution in [0.4, 0.5) is 0 Å². The third-order valence-corrected chi connectivity index (χ3v) is 4.27. The van der Waals surface area contributed by atoms with Crippen molar-refractivity contribution in [2.24, 2.45) is 0 Å². The number of carbonyl (C=O) groups excluding carboxylic acids is 1. The summed E-state index contributed by atoms with van der Waals surface area (Å²) in [5, 5.41) is 6.96. The number of rotatable bonds is 9. The van der Waals surface area contributed by atoms with Crippen molar-refractivity contribution < 1.29 is 9.32 Å². The molecule has 0 radical (unpaired) electrons. The minimum absolute atomic E-state index is 0.116. The molecule has 0 aliphatic heterocycles. The SMILES string of the molecule is CCCCCC(C)NC(=O)CSCc1c(C)noc1C. The first kappa shape index (κ1) is 17.1. The molecule has 0 aliphatic carbocycles. The Morgan fingerprint density at radius 2 is 2.15 bits per heavy atom. The number of carbonyl (C=O) groups is 1. The first-order valence-corrected chi connectivity index (χ1v) is 8.48. The van der Waals surface area contributed by atoms with Gasteiger partial charge in [0.1, 0.15) is 5.76 Å². The van der Waals surface area contributed by atoms with Crippen LogP contribution in [0.5, 0.6) is 0 Å². The normalized spacial score (nSPS) is 12.4. The molecular weight excluding hydrogens is 272 g/mol. The van der Waals surface area contributed by atoms with Gasteiger partial charge >= 0.3 is 0 Å². The Kier molecular flexibility index (Phi) is 7.73. The second-order valence-electron chi connectivity index (χ2n) is 5.26. The zero-order valence-electron chi connectivity index (χ0n) is 13.0. The van der Waals surface area contributed by atoms with Crippen molar-refractivity contribution in [2.45, 2.75) is 65.2 Å². The molecule has 5 heteroatoms. The number of amides is 1. The molecule has 0 saturated heterocycles. The molecule has 0 spiro atoms. The van der Waals surface area contributed by atoms with Crippen molar-refractivity contribution in [3.8, 4) is 0 Å². The third kappa shape index (κ3) is 5.99. The molecule has 1 aromatic rings. The van der Waals surface area contributed by atoms with Crippen LogP contribution in [0.2, 0.25) is 0 Å². The Morgan fingerprint density at radius 3 is 2.75 bits per heavy atom. The van der Waals surface area contributed by atoms with Gasteiger partial charge in [0.25, 0.3) is 0 Å². The average molecular weight is 298 g/mol. The fourth-order valence-electron chi connectivity index (χ4n) is 2.04. The van der Waals surface area contributed by atoms with Gasteiger partial charge < -0.3 is 9.84 Å². The molecule has 0 fully saturated rings. The zero-order chi connectivity index (χ0) is 15.0. The van der Waals surface area contributed by atoms with E-state index in [2.05, 4.69) is 24.3 Å². The molecule has 1 heterocycles. The highest BCUT2D eigenvalue weighted by Gasteiger charge is 2.11. The molecule has 20 heavy (non-hydrogen) atoms. The molecule has 1 N–H and O–H groups in total. The summed E-state index contributed by atoms with van der Waals surface area (Å²) in [5.74, 6) is 2.23. The number of hydrogen-bond donors (Lipinski definition) is 1. The fourth-order valence-corrected chi connectivity index (χ4v) is 3.03. The topological polar surface area (TPSA) is 55.1 Å². The number of thioether (sulfide) groups is 1. The van der Waals surface area contributed by atoms with E-state index in [4.69, 9.17) is 4.52 Å². The highest BCUT2D eigenvalue weighted by Crippen LogP contribution is 2.19. The number of hydrogen-bond acceptors (Lipinski definition) is 4. The fraction of sp³-hybridized carbons (Fsp3) is 0.733. The van der Waals surface area contributed by atoms with Crippen LogP contribution in [-0.2, 0) is 10.5 Å². The summed E-state index contributed by atoms with van der Waals surface area (Å²) >= 11 is 1.61. The predicted molar refractivity (Wildman–Crippen MR) is 83.9 cm³/mol. The molecule has 1 aromatic heterocycles. The van der Waals surface area contributed by atoms with Gasteiger partial charge in [0, 0.05) is 17.4 Å². The zero-order valence-corrected chi connectivity index (χ0v) is 13.8. The van der Waals surface area contributed by atoms with Crippen LogP contribution in [0.25, 0.3) is 0 Å². The average Bonchev–Trinajstić information content (AvgIpc) is 2.70. The van der Waals surface area contributed by atoms with Crippen LogP contribution < -0.4 is 5.32 Å². The molecule has 1 rings (SSSR count). The van der Waals surface area contributed by atoms with E-state index < -0.39 is 0 Å². The Bertz CT molecular complexity index is 399. The van der Waals surface area contributed by atoms with Gasteiger partial charge in [-0.3, -0.25) is 4.79 Å². The summed E-state index contributed by atoms with van der Waals surface area (Å²) in [6, 6.07) is 0.272. The summed E-state index contributed by atoms with van der Waals surface area (Å²) in [4.78, 5) is 11.8. The summed E-state index contributed by atoms with van der Waals surface area (Å²) in [6.45, 7) is 8.11. The Labute approximate surface area is 126 Å². The molecule has 1 atom stereocenters. The van der Waals surface area contributed by atoms with E-state index in [1.165, 1.54) is 19.3 Å². The lowest BCUT2D eigenvalue weighted by molar-refractivity contribution is -0.119. The largest absolute Gasteiger partial charge is 0.361 e. The molecule has 114 valence electrons. The van der Waals surface area contributed by atoms with Crippen LogP contribution in [-0.4, -0.2) is 22.9 Å². The maximum absolute atomic E-state index is 11.8. The van der Waals surface area contributed by atoms with Crippen molar-refractivity contribution in [2.75, 3.05) is 5.75 Å². The van der Waals surface area contributed by atoms with Gasteiger partial charge in [0.05, 0.1) is 11.4 Å². The standard InChI is InChI=1S/C15H26N2O2S/c1-5-6-7-8-11(2)16-15(18)10-20-9-14-12(3)17-19-13(14)4/h11H,5-10H2,1-4H3,(H,16,18). The van der Waals surface area contributed by atoms with Gasteiger partial charge in [0.15, 0.2) is 0 Å². The van der Waals surface area contributed by atoms with Gasteiger partial charge in [-0.05, 0) is 27.2 Å². The van der Waals surface area contributed by atoms with Gasteiger partial charge in [-0.15, -0.1) is 11.8 Å². The van der Waals surface area contributed by atoms with E-state index >= 15 is 0 Å². The smallest absolute Gasteiger partial charge is 0.230 e. The van der Waals surface area contributed by atoms with Crippen LogP contribution in [0.3, 0.4) is 0 Å². The van der Waals surface area contributed by atoms with E-state index in [0.29, 0.717) is 5.75 Å². The van der Waals surface area contributed by atoms with Crippen LogP contribution in [0, 0.1) is 13.8 Å². The van der Waals surface area contributed by atoms with Crippen molar-refractivity contribution in [3.05, 3.63) is 17.0 Å². The van der Waals surface area contributed by atoms with Crippen LogP contribution in [0.15, 0.2) is 4.52 Å². The van der Waals surface area contributed by atoms with Crippen LogP contribution in [0.1, 0.15) is 56.5 Å².